The maximum absolute atomic E-state index is 4.59. The van der Waals surface area contributed by atoms with E-state index in [0.29, 0.717) is 11.8 Å². The van der Waals surface area contributed by atoms with E-state index in [4.69, 9.17) is 0 Å². The predicted molar refractivity (Wildman–Crippen MR) is 107 cm³/mol. The van der Waals surface area contributed by atoms with Crippen LogP contribution < -0.4 is 0 Å². The maximum Gasteiger partial charge on any atom is 0.0525 e. The molecule has 134 valence electrons. The third-order valence-electron chi connectivity index (χ3n) is 6.38. The largest absolute Gasteiger partial charge is 0.344 e. The molecule has 3 heteroatoms. The number of aryl methyl sites for hydroxylation is 2. The van der Waals surface area contributed by atoms with E-state index >= 15 is 0 Å². The van der Waals surface area contributed by atoms with Crippen molar-refractivity contribution < 1.29 is 0 Å². The van der Waals surface area contributed by atoms with Gasteiger partial charge in [-0.15, -0.1) is 0 Å². The number of benzene rings is 1. The summed E-state index contributed by atoms with van der Waals surface area (Å²) in [5, 5.41) is 1.48. The van der Waals surface area contributed by atoms with Gasteiger partial charge in [-0.05, 0) is 55.6 Å². The van der Waals surface area contributed by atoms with Gasteiger partial charge >= 0.3 is 0 Å². The number of pyridine rings is 1. The molecule has 2 aliphatic rings. The molecule has 1 aromatic carbocycles. The van der Waals surface area contributed by atoms with Gasteiger partial charge in [-0.2, -0.15) is 0 Å². The number of aromatic nitrogens is 2. The van der Waals surface area contributed by atoms with E-state index in [-0.39, 0.29) is 0 Å². The highest BCUT2D eigenvalue weighted by Crippen LogP contribution is 2.45. The number of hydrogen-bond donors (Lipinski definition) is 0. The average molecular weight is 345 g/mol. The topological polar surface area (TPSA) is 21.1 Å². The van der Waals surface area contributed by atoms with Gasteiger partial charge in [0.25, 0.3) is 0 Å². The lowest BCUT2D eigenvalue weighted by atomic mass is 9.79. The Balaban J connectivity index is 1.79. The van der Waals surface area contributed by atoms with Crippen molar-refractivity contribution in [3.63, 3.8) is 0 Å². The zero-order chi connectivity index (χ0) is 18.0. The fourth-order valence-electron chi connectivity index (χ4n) is 5.21. The van der Waals surface area contributed by atoms with Gasteiger partial charge in [0.1, 0.15) is 0 Å². The monoisotopic (exact) mass is 345 g/mol. The van der Waals surface area contributed by atoms with Crippen molar-refractivity contribution in [3.8, 4) is 0 Å². The Morgan fingerprint density at radius 2 is 2.00 bits per heavy atom. The Morgan fingerprint density at radius 3 is 2.77 bits per heavy atom. The summed E-state index contributed by atoms with van der Waals surface area (Å²) in [7, 11) is 2.24. The second-order valence-corrected chi connectivity index (χ2v) is 8.46. The molecule has 0 aliphatic carbocycles. The molecule has 26 heavy (non-hydrogen) atoms. The minimum atomic E-state index is 0.437. The van der Waals surface area contributed by atoms with Crippen LogP contribution in [0.2, 0.25) is 0 Å². The van der Waals surface area contributed by atoms with E-state index in [1.165, 1.54) is 34.0 Å². The van der Waals surface area contributed by atoms with E-state index in [1.807, 2.05) is 0 Å². The van der Waals surface area contributed by atoms with E-state index in [1.54, 1.807) is 11.3 Å². The van der Waals surface area contributed by atoms with Crippen LogP contribution in [0.4, 0.5) is 0 Å². The Kier molecular flexibility index (Phi) is 3.51. The zero-order valence-electron chi connectivity index (χ0n) is 16.2. The minimum Gasteiger partial charge on any atom is -0.344 e. The molecular formula is C23H27N3. The number of likely N-dealkylation sites (N-methyl/N-ethyl adjacent to an activating group) is 1. The number of rotatable bonds is 1. The fourth-order valence-corrected chi connectivity index (χ4v) is 5.21. The summed E-state index contributed by atoms with van der Waals surface area (Å²) >= 11 is 0. The quantitative estimate of drug-likeness (QED) is 0.651. The first-order chi connectivity index (χ1) is 12.5. The zero-order valence-corrected chi connectivity index (χ0v) is 16.2. The van der Waals surface area contributed by atoms with Crippen LogP contribution in [0.3, 0.4) is 0 Å². The van der Waals surface area contributed by atoms with E-state index in [2.05, 4.69) is 72.7 Å². The fraction of sp³-hybridized carbons (Fsp3) is 0.435. The molecule has 0 amide bonds. The first-order valence-corrected chi connectivity index (χ1v) is 9.78. The van der Waals surface area contributed by atoms with Crippen LogP contribution in [0.25, 0.3) is 10.9 Å². The highest BCUT2D eigenvalue weighted by Gasteiger charge is 2.34. The smallest absolute Gasteiger partial charge is 0.0525 e. The summed E-state index contributed by atoms with van der Waals surface area (Å²) < 4.78 is 2.65. The van der Waals surface area contributed by atoms with Crippen molar-refractivity contribution in [2.45, 2.75) is 46.2 Å². The van der Waals surface area contributed by atoms with E-state index in [0.717, 1.165) is 25.3 Å². The molecule has 0 bridgehead atoms. The molecule has 2 unspecified atom stereocenters. The minimum absolute atomic E-state index is 0.437. The molecule has 2 aromatic heterocycles. The van der Waals surface area contributed by atoms with E-state index < -0.39 is 0 Å². The lowest BCUT2D eigenvalue weighted by Gasteiger charge is -2.33. The lowest BCUT2D eigenvalue weighted by Crippen LogP contribution is -2.29. The van der Waals surface area contributed by atoms with Crippen molar-refractivity contribution in [2.75, 3.05) is 13.6 Å². The Morgan fingerprint density at radius 1 is 1.15 bits per heavy atom. The summed E-state index contributed by atoms with van der Waals surface area (Å²) in [6.45, 7) is 10.1. The Hall–Kier alpha value is -2.13. The van der Waals surface area contributed by atoms with Crippen LogP contribution in [0.5, 0.6) is 0 Å². The number of fused-ring (bicyclic) bond motifs is 3. The first kappa shape index (κ1) is 16.1. The van der Waals surface area contributed by atoms with Crippen molar-refractivity contribution in [2.24, 2.45) is 5.92 Å². The normalized spacial score (nSPS) is 22.6. The van der Waals surface area contributed by atoms with Gasteiger partial charge < -0.3 is 9.47 Å². The average Bonchev–Trinajstić information content (AvgIpc) is 2.90. The predicted octanol–water partition coefficient (Wildman–Crippen LogP) is 4.42. The van der Waals surface area contributed by atoms with Gasteiger partial charge in [0.15, 0.2) is 0 Å². The van der Waals surface area contributed by atoms with Crippen molar-refractivity contribution in [1.29, 1.82) is 0 Å². The maximum atomic E-state index is 4.59. The molecule has 5 rings (SSSR count). The third kappa shape index (κ3) is 2.26. The van der Waals surface area contributed by atoms with Crippen LogP contribution >= 0.6 is 0 Å². The highest BCUT2D eigenvalue weighted by molar-refractivity contribution is 5.90. The SMILES string of the molecule is Cc1cc2c3c(c1)c1c(n3CC(C)C2c2ccc(C)nc2)CCN(C)C1. The molecule has 2 atom stereocenters. The highest BCUT2D eigenvalue weighted by atomic mass is 15.1. The summed E-state index contributed by atoms with van der Waals surface area (Å²) in [6, 6.07) is 9.27. The summed E-state index contributed by atoms with van der Waals surface area (Å²) in [4.78, 5) is 7.05. The Bertz CT molecular complexity index is 997. The van der Waals surface area contributed by atoms with Gasteiger partial charge in [0.2, 0.25) is 0 Å². The molecule has 4 heterocycles. The summed E-state index contributed by atoms with van der Waals surface area (Å²) in [5.41, 5.74) is 9.96. The second kappa shape index (κ2) is 5.68. The van der Waals surface area contributed by atoms with Crippen LogP contribution in [-0.4, -0.2) is 28.0 Å². The van der Waals surface area contributed by atoms with E-state index in [9.17, 15) is 0 Å². The molecule has 3 aromatic rings. The Labute approximate surface area is 155 Å². The molecule has 0 N–H and O–H groups in total. The van der Waals surface area contributed by atoms with Gasteiger partial charge in [-0.25, -0.2) is 0 Å². The van der Waals surface area contributed by atoms with Gasteiger partial charge in [0, 0.05) is 54.9 Å². The molecule has 0 spiro atoms. The second-order valence-electron chi connectivity index (χ2n) is 8.46. The van der Waals surface area contributed by atoms with Crippen LogP contribution in [0.1, 0.15) is 46.5 Å². The number of hydrogen-bond acceptors (Lipinski definition) is 2. The van der Waals surface area contributed by atoms with Crippen molar-refractivity contribution in [1.82, 2.24) is 14.5 Å². The van der Waals surface area contributed by atoms with Gasteiger partial charge in [-0.1, -0.05) is 24.6 Å². The van der Waals surface area contributed by atoms with Crippen LogP contribution in [-0.2, 0) is 19.5 Å². The van der Waals surface area contributed by atoms with Crippen molar-refractivity contribution in [3.05, 3.63) is 64.1 Å². The van der Waals surface area contributed by atoms with Gasteiger partial charge in [-0.3, -0.25) is 4.98 Å². The third-order valence-corrected chi connectivity index (χ3v) is 6.38. The molecular weight excluding hydrogens is 318 g/mol. The molecule has 0 radical (unpaired) electrons. The first-order valence-electron chi connectivity index (χ1n) is 9.78. The molecule has 3 nitrogen and oxygen atoms in total. The standard InChI is InChI=1S/C23H27N3/c1-14-9-18-20-13-25(4)8-7-21(20)26-12-15(2)22(19(10-14)23(18)26)17-6-5-16(3)24-11-17/h5-6,9-11,15,22H,7-8,12-13H2,1-4H3. The summed E-state index contributed by atoms with van der Waals surface area (Å²) in [5.74, 6) is 1.01. The molecule has 2 aliphatic heterocycles. The van der Waals surface area contributed by atoms with Crippen molar-refractivity contribution >= 4 is 10.9 Å². The van der Waals surface area contributed by atoms with Gasteiger partial charge in [0.05, 0.1) is 5.52 Å². The van der Waals surface area contributed by atoms with Crippen LogP contribution in [0.15, 0.2) is 30.5 Å². The van der Waals surface area contributed by atoms with Crippen LogP contribution in [0, 0.1) is 19.8 Å². The molecule has 0 saturated carbocycles. The molecule has 0 saturated heterocycles. The number of nitrogens with zero attached hydrogens (tertiary/aromatic N) is 3. The lowest BCUT2D eigenvalue weighted by molar-refractivity contribution is 0.305. The molecule has 0 fully saturated rings. The summed E-state index contributed by atoms with van der Waals surface area (Å²) in [6.07, 6.45) is 3.26.